The highest BCUT2D eigenvalue weighted by molar-refractivity contribution is 5.97. The summed E-state index contributed by atoms with van der Waals surface area (Å²) in [4.78, 5) is 17.4. The van der Waals surface area contributed by atoms with Crippen molar-refractivity contribution < 1.29 is 9.15 Å². The van der Waals surface area contributed by atoms with Crippen LogP contribution in [0.1, 0.15) is 0 Å². The monoisotopic (exact) mass is 530 g/mol. The average Bonchev–Trinajstić information content (AvgIpc) is 3.67. The lowest BCUT2D eigenvalue weighted by molar-refractivity contribution is 0.415. The van der Waals surface area contributed by atoms with Gasteiger partial charge in [-0.1, -0.05) is 6.07 Å². The summed E-state index contributed by atoms with van der Waals surface area (Å²) < 4.78 is 12.0. The molecule has 0 atom stereocenters. The van der Waals surface area contributed by atoms with Crippen LogP contribution in [0.15, 0.2) is 88.3 Å². The van der Waals surface area contributed by atoms with Gasteiger partial charge in [-0.3, -0.25) is 5.32 Å². The van der Waals surface area contributed by atoms with Gasteiger partial charge in [0.2, 0.25) is 5.95 Å². The van der Waals surface area contributed by atoms with Crippen LogP contribution in [0.5, 0.6) is 5.75 Å². The molecule has 40 heavy (non-hydrogen) atoms. The van der Waals surface area contributed by atoms with Gasteiger partial charge in [-0.15, -0.1) is 0 Å². The number of hydrogen-bond acceptors (Lipinski definition) is 7. The molecule has 6 aromatic rings. The van der Waals surface area contributed by atoms with E-state index in [2.05, 4.69) is 68.7 Å². The lowest BCUT2D eigenvalue weighted by atomic mass is 10.1. The molecule has 3 heterocycles. The molecule has 0 spiro atoms. The van der Waals surface area contributed by atoms with E-state index >= 15 is 0 Å². The van der Waals surface area contributed by atoms with Crippen molar-refractivity contribution in [1.82, 2.24) is 15.3 Å². The minimum absolute atomic E-state index is 0.738. The number of nitrogens with one attached hydrogen (secondary N) is 2. The Kier molecular flexibility index (Phi) is 5.90. The average molecular weight is 531 g/mol. The quantitative estimate of drug-likeness (QED) is 0.274. The number of nitrogens with zero attached hydrogens (tertiary/aromatic N) is 4. The molecule has 0 bridgehead atoms. The number of benzene rings is 4. The summed E-state index contributed by atoms with van der Waals surface area (Å²) in [5.41, 5.74) is 5.66. The Morgan fingerprint density at radius 1 is 0.950 bits per heavy atom. The van der Waals surface area contributed by atoms with Gasteiger partial charge < -0.3 is 23.9 Å². The van der Waals surface area contributed by atoms with E-state index in [0.717, 1.165) is 86.6 Å². The molecule has 0 saturated carbocycles. The molecule has 7 rings (SSSR count). The number of H-pyrrole nitrogens is 1. The third-order valence-electron chi connectivity index (χ3n) is 7.41. The van der Waals surface area contributed by atoms with Crippen molar-refractivity contribution in [2.75, 3.05) is 50.8 Å². The summed E-state index contributed by atoms with van der Waals surface area (Å²) in [5.74, 6) is 2.37. The maximum absolute atomic E-state index is 6.53. The zero-order chi connectivity index (χ0) is 27.2. The molecule has 0 amide bonds. The Hall–Kier alpha value is -4.82. The molecule has 0 unspecified atom stereocenters. The maximum Gasteiger partial charge on any atom is 0.203 e. The highest BCUT2D eigenvalue weighted by Gasteiger charge is 2.13. The number of methoxy groups -OCH3 is 1. The highest BCUT2D eigenvalue weighted by atomic mass is 16.5. The second-order valence-electron chi connectivity index (χ2n) is 10.3. The number of fused-ring (bicyclic) bond motifs is 3. The van der Waals surface area contributed by atoms with Crippen molar-refractivity contribution in [1.29, 1.82) is 0 Å². The second-order valence-corrected chi connectivity index (χ2v) is 10.3. The van der Waals surface area contributed by atoms with E-state index in [1.54, 1.807) is 7.11 Å². The van der Waals surface area contributed by atoms with Crippen LogP contribution in [0.3, 0.4) is 0 Å². The van der Waals surface area contributed by atoms with E-state index in [9.17, 15) is 0 Å². The molecule has 0 radical (unpaired) electrons. The van der Waals surface area contributed by atoms with Crippen LogP contribution in [-0.4, -0.2) is 50.9 Å². The Morgan fingerprint density at radius 3 is 2.60 bits per heavy atom. The fourth-order valence-corrected chi connectivity index (χ4v) is 5.22. The van der Waals surface area contributed by atoms with Gasteiger partial charge in [0.25, 0.3) is 0 Å². The van der Waals surface area contributed by atoms with Crippen LogP contribution in [0.2, 0.25) is 0 Å². The predicted molar refractivity (Wildman–Crippen MR) is 162 cm³/mol. The van der Waals surface area contributed by atoms with E-state index in [1.807, 2.05) is 49.3 Å². The Balaban J connectivity index is 1.40. The van der Waals surface area contributed by atoms with Gasteiger partial charge in [0, 0.05) is 49.9 Å². The molecule has 8 heteroatoms. The van der Waals surface area contributed by atoms with Crippen molar-refractivity contribution in [3.05, 3.63) is 84.2 Å². The lowest BCUT2D eigenvalue weighted by Gasteiger charge is -2.16. The fraction of sp³-hybridized carbons (Fsp3) is 0.188. The van der Waals surface area contributed by atoms with Gasteiger partial charge in [0.1, 0.15) is 17.1 Å². The van der Waals surface area contributed by atoms with Gasteiger partial charge in [0.15, 0.2) is 0 Å². The maximum atomic E-state index is 6.53. The van der Waals surface area contributed by atoms with Crippen molar-refractivity contribution in [3.8, 4) is 17.1 Å². The second kappa shape index (κ2) is 9.73. The first-order valence-corrected chi connectivity index (χ1v) is 13.4. The number of rotatable bonds is 5. The summed E-state index contributed by atoms with van der Waals surface area (Å²) in [6.07, 6.45) is 0. The Labute approximate surface area is 231 Å². The van der Waals surface area contributed by atoms with Crippen LogP contribution in [0, 0.1) is 0 Å². The molecule has 4 aromatic carbocycles. The molecule has 1 saturated heterocycles. The highest BCUT2D eigenvalue weighted by Crippen LogP contribution is 2.30. The molecular weight excluding hydrogens is 500 g/mol. The third-order valence-corrected chi connectivity index (χ3v) is 7.41. The van der Waals surface area contributed by atoms with Crippen molar-refractivity contribution in [3.63, 3.8) is 0 Å². The Morgan fingerprint density at radius 2 is 1.82 bits per heavy atom. The van der Waals surface area contributed by atoms with Gasteiger partial charge in [-0.05, 0) is 77.5 Å². The summed E-state index contributed by atoms with van der Waals surface area (Å²) in [5, 5.41) is 7.31. The van der Waals surface area contributed by atoms with Crippen LogP contribution in [0.4, 0.5) is 17.3 Å². The van der Waals surface area contributed by atoms with Crippen LogP contribution >= 0.6 is 0 Å². The van der Waals surface area contributed by atoms with E-state index < -0.39 is 0 Å². The molecule has 1 fully saturated rings. The number of hydrogen-bond donors (Lipinski definition) is 2. The fourth-order valence-electron chi connectivity index (χ4n) is 5.22. The first-order chi connectivity index (χ1) is 19.5. The zero-order valence-electron chi connectivity index (χ0n) is 22.7. The van der Waals surface area contributed by atoms with E-state index in [1.165, 1.54) is 5.69 Å². The molecule has 1 aliphatic rings. The van der Waals surface area contributed by atoms with Gasteiger partial charge in [-0.25, -0.2) is 9.98 Å². The molecule has 0 aliphatic carbocycles. The van der Waals surface area contributed by atoms with Crippen LogP contribution < -0.4 is 25.2 Å². The number of aromatic amines is 1. The smallest absolute Gasteiger partial charge is 0.203 e. The molecule has 2 N–H and O–H groups in total. The van der Waals surface area contributed by atoms with Gasteiger partial charge in [-0.2, -0.15) is 0 Å². The Bertz CT molecular complexity index is 1930. The summed E-state index contributed by atoms with van der Waals surface area (Å²) >= 11 is 0. The molecule has 8 nitrogen and oxygen atoms in total. The number of aromatic nitrogens is 2. The minimum Gasteiger partial charge on any atom is -0.497 e. The SMILES string of the molecule is COc1ccc2cc3oc(-c4ccc5nc(N(C)C)[nH]c5c4)cc(=Nc4ccc(N5CCNC5)cc4)c3cc2c1. The number of ether oxygens (including phenoxy) is 1. The number of anilines is 2. The van der Waals surface area contributed by atoms with E-state index in [4.69, 9.17) is 14.1 Å². The van der Waals surface area contributed by atoms with E-state index in [0.29, 0.717) is 0 Å². The molecule has 200 valence electrons. The van der Waals surface area contributed by atoms with Crippen LogP contribution in [0.25, 0.3) is 44.1 Å². The first-order valence-electron chi connectivity index (χ1n) is 13.4. The minimum atomic E-state index is 0.738. The van der Waals surface area contributed by atoms with Crippen molar-refractivity contribution >= 4 is 50.1 Å². The normalized spacial score (nSPS) is 14.1. The van der Waals surface area contributed by atoms with Gasteiger partial charge in [0.05, 0.1) is 35.9 Å². The van der Waals surface area contributed by atoms with Crippen molar-refractivity contribution in [2.45, 2.75) is 0 Å². The zero-order valence-corrected chi connectivity index (χ0v) is 22.7. The van der Waals surface area contributed by atoms with Gasteiger partial charge >= 0.3 is 0 Å². The van der Waals surface area contributed by atoms with Crippen LogP contribution in [-0.2, 0) is 0 Å². The predicted octanol–water partition coefficient (Wildman–Crippen LogP) is 5.80. The summed E-state index contributed by atoms with van der Waals surface area (Å²) in [6.45, 7) is 2.89. The lowest BCUT2D eigenvalue weighted by Crippen LogP contribution is -2.20. The number of imidazole rings is 1. The standard InChI is InChI=1S/C32H30N6O2/c1-37(2)32-35-27-11-5-21(16-29(27)36-32)30-18-28(34-23-6-8-24(9-7-23)38-13-12-33-19-38)26-15-22-14-25(39-3)10-4-20(22)17-31(26)40-30/h4-11,14-18,33H,12-13,19H2,1-3H3,(H,35,36). The first kappa shape index (κ1) is 24.2. The topological polar surface area (TPSA) is 81.9 Å². The van der Waals surface area contributed by atoms with Crippen molar-refractivity contribution in [2.24, 2.45) is 4.99 Å². The largest absolute Gasteiger partial charge is 0.497 e. The van der Waals surface area contributed by atoms with E-state index in [-0.39, 0.29) is 0 Å². The third kappa shape index (κ3) is 4.42. The molecule has 1 aliphatic heterocycles. The summed E-state index contributed by atoms with van der Waals surface area (Å²) in [7, 11) is 5.63. The molecular formula is C32H30N6O2. The summed E-state index contributed by atoms with van der Waals surface area (Å²) in [6, 6.07) is 26.9. The molecule has 2 aromatic heterocycles.